The lowest BCUT2D eigenvalue weighted by Gasteiger charge is -2.31. The van der Waals surface area contributed by atoms with Crippen molar-refractivity contribution in [2.45, 2.75) is 57.9 Å². The Labute approximate surface area is 185 Å². The molecule has 2 aromatic rings. The average Bonchev–Trinajstić information content (AvgIpc) is 2.79. The Bertz CT molecular complexity index is 1120. The number of hydrogen-bond donors (Lipinski definition) is 1. The van der Waals surface area contributed by atoms with Gasteiger partial charge < -0.3 is 19.5 Å². The van der Waals surface area contributed by atoms with Crippen LogP contribution in [0, 0.1) is 0 Å². The highest BCUT2D eigenvalue weighted by atomic mass is 16.5. The minimum absolute atomic E-state index is 0.00869. The predicted octanol–water partition coefficient (Wildman–Crippen LogP) is 2.43. The van der Waals surface area contributed by atoms with E-state index in [-0.39, 0.29) is 42.2 Å². The van der Waals surface area contributed by atoms with Crippen molar-refractivity contribution in [3.05, 3.63) is 51.8 Å². The predicted molar refractivity (Wildman–Crippen MR) is 115 cm³/mol. The van der Waals surface area contributed by atoms with Gasteiger partial charge in [0.25, 0.3) is 5.56 Å². The summed E-state index contributed by atoms with van der Waals surface area (Å²) in [5, 5.41) is 3.28. The van der Waals surface area contributed by atoms with Crippen molar-refractivity contribution in [2.24, 2.45) is 0 Å². The van der Waals surface area contributed by atoms with Crippen LogP contribution in [0.1, 0.15) is 57.4 Å². The first-order valence-corrected chi connectivity index (χ1v) is 11.1. The molecule has 32 heavy (non-hydrogen) atoms. The van der Waals surface area contributed by atoms with Gasteiger partial charge in [-0.15, -0.1) is 0 Å². The van der Waals surface area contributed by atoms with E-state index in [4.69, 9.17) is 14.2 Å². The Morgan fingerprint density at radius 2 is 1.91 bits per heavy atom. The number of hydrogen-bond acceptors (Lipinski definition) is 8. The highest BCUT2D eigenvalue weighted by Crippen LogP contribution is 2.38. The molecule has 0 radical (unpaired) electrons. The van der Waals surface area contributed by atoms with E-state index in [0.717, 1.165) is 32.1 Å². The molecule has 170 valence electrons. The van der Waals surface area contributed by atoms with Crippen molar-refractivity contribution in [2.75, 3.05) is 13.2 Å². The van der Waals surface area contributed by atoms with Gasteiger partial charge in [-0.1, -0.05) is 25.3 Å². The zero-order valence-electron chi connectivity index (χ0n) is 18.3. The van der Waals surface area contributed by atoms with Crippen LogP contribution in [0.2, 0.25) is 0 Å². The van der Waals surface area contributed by atoms with Crippen molar-refractivity contribution in [3.63, 3.8) is 0 Å². The molecule has 0 spiro atoms. The fourth-order valence-electron chi connectivity index (χ4n) is 4.25. The van der Waals surface area contributed by atoms with E-state index < -0.39 is 23.4 Å². The van der Waals surface area contributed by atoms with Crippen molar-refractivity contribution in [3.8, 4) is 5.88 Å². The molecule has 2 aromatic heterocycles. The normalized spacial score (nSPS) is 18.6. The number of nitrogens with one attached hydrogen (secondary N) is 1. The van der Waals surface area contributed by atoms with E-state index >= 15 is 0 Å². The van der Waals surface area contributed by atoms with Gasteiger partial charge in [-0.2, -0.15) is 4.98 Å². The van der Waals surface area contributed by atoms with Crippen LogP contribution in [-0.4, -0.2) is 40.6 Å². The zero-order chi connectivity index (χ0) is 22.7. The lowest BCUT2D eigenvalue weighted by Crippen LogP contribution is -2.41. The third-order valence-electron chi connectivity index (χ3n) is 5.71. The van der Waals surface area contributed by atoms with Gasteiger partial charge in [0.1, 0.15) is 17.1 Å². The molecule has 2 aliphatic rings. The summed E-state index contributed by atoms with van der Waals surface area (Å²) in [5.41, 5.74) is -0.222. The summed E-state index contributed by atoms with van der Waals surface area (Å²) in [6.45, 7) is 3.54. The highest BCUT2D eigenvalue weighted by Gasteiger charge is 2.44. The number of aromatic nitrogens is 2. The first-order chi connectivity index (χ1) is 15.5. The molecule has 1 aliphatic heterocycles. The van der Waals surface area contributed by atoms with Gasteiger partial charge in [-0.3, -0.25) is 14.0 Å². The van der Waals surface area contributed by atoms with Gasteiger partial charge in [0.15, 0.2) is 0 Å². The molecule has 1 N–H and O–H groups in total. The molecule has 9 nitrogen and oxygen atoms in total. The minimum Gasteiger partial charge on any atom is -0.465 e. The molecule has 3 heterocycles. The van der Waals surface area contributed by atoms with E-state index in [1.807, 2.05) is 0 Å². The van der Waals surface area contributed by atoms with Crippen LogP contribution < -0.4 is 15.6 Å². The lowest BCUT2D eigenvalue weighted by molar-refractivity contribution is -0.148. The SMILES string of the molecule is CCOC(=O)C1=C(NC2CCCCC2)Oc2nc3ccccn3c(=O)c2C1C(=O)OCC. The van der Waals surface area contributed by atoms with Crippen LogP contribution >= 0.6 is 0 Å². The van der Waals surface area contributed by atoms with Crippen molar-refractivity contribution in [1.82, 2.24) is 14.7 Å². The molecule has 1 fully saturated rings. The molecule has 9 heteroatoms. The third-order valence-corrected chi connectivity index (χ3v) is 5.71. The molecule has 0 aromatic carbocycles. The van der Waals surface area contributed by atoms with Crippen LogP contribution in [0.3, 0.4) is 0 Å². The molecule has 1 aliphatic carbocycles. The van der Waals surface area contributed by atoms with Crippen molar-refractivity contribution in [1.29, 1.82) is 0 Å². The Morgan fingerprint density at radius 3 is 2.62 bits per heavy atom. The lowest BCUT2D eigenvalue weighted by atomic mass is 9.89. The highest BCUT2D eigenvalue weighted by molar-refractivity contribution is 6.00. The summed E-state index contributed by atoms with van der Waals surface area (Å²) in [4.78, 5) is 43.9. The second-order valence-corrected chi connectivity index (χ2v) is 7.79. The maximum Gasteiger partial charge on any atom is 0.340 e. The van der Waals surface area contributed by atoms with E-state index in [0.29, 0.717) is 5.65 Å². The van der Waals surface area contributed by atoms with Crippen LogP contribution in [0.4, 0.5) is 0 Å². The van der Waals surface area contributed by atoms with Crippen LogP contribution in [0.25, 0.3) is 5.65 Å². The fourth-order valence-corrected chi connectivity index (χ4v) is 4.25. The van der Waals surface area contributed by atoms with Crippen LogP contribution in [0.5, 0.6) is 5.88 Å². The molecular weight excluding hydrogens is 414 g/mol. The van der Waals surface area contributed by atoms with E-state index in [9.17, 15) is 14.4 Å². The topological polar surface area (TPSA) is 108 Å². The minimum atomic E-state index is -1.30. The van der Waals surface area contributed by atoms with E-state index in [1.54, 1.807) is 38.2 Å². The maximum absolute atomic E-state index is 13.4. The number of esters is 2. The largest absolute Gasteiger partial charge is 0.465 e. The summed E-state index contributed by atoms with van der Waals surface area (Å²) >= 11 is 0. The first kappa shape index (κ1) is 21.9. The first-order valence-electron chi connectivity index (χ1n) is 11.1. The van der Waals surface area contributed by atoms with Gasteiger partial charge in [0, 0.05) is 12.2 Å². The quantitative estimate of drug-likeness (QED) is 0.681. The van der Waals surface area contributed by atoms with Gasteiger partial charge in [-0.25, -0.2) is 4.79 Å². The zero-order valence-corrected chi connectivity index (χ0v) is 18.3. The number of fused-ring (bicyclic) bond motifs is 2. The number of rotatable bonds is 6. The Morgan fingerprint density at radius 1 is 1.16 bits per heavy atom. The van der Waals surface area contributed by atoms with Crippen molar-refractivity contribution >= 4 is 17.6 Å². The van der Waals surface area contributed by atoms with E-state index in [2.05, 4.69) is 10.3 Å². The molecule has 1 atom stereocenters. The maximum atomic E-state index is 13.4. The summed E-state index contributed by atoms with van der Waals surface area (Å²) in [7, 11) is 0. The second-order valence-electron chi connectivity index (χ2n) is 7.79. The number of carbonyl (C=O) groups is 2. The fraction of sp³-hybridized carbons (Fsp3) is 0.478. The Kier molecular flexibility index (Phi) is 6.43. The van der Waals surface area contributed by atoms with Gasteiger partial charge in [0.05, 0.1) is 18.8 Å². The monoisotopic (exact) mass is 441 g/mol. The van der Waals surface area contributed by atoms with Crippen LogP contribution in [-0.2, 0) is 19.1 Å². The number of ether oxygens (including phenoxy) is 3. The number of nitrogens with zero attached hydrogens (tertiary/aromatic N) is 2. The summed E-state index contributed by atoms with van der Waals surface area (Å²) in [6.07, 6.45) is 6.64. The summed E-state index contributed by atoms with van der Waals surface area (Å²) < 4.78 is 17.8. The molecule has 0 amide bonds. The molecular formula is C23H27N3O6. The molecule has 0 bridgehead atoms. The average molecular weight is 441 g/mol. The molecule has 0 saturated heterocycles. The Balaban J connectivity index is 1.90. The number of carbonyl (C=O) groups excluding carboxylic acids is 2. The van der Waals surface area contributed by atoms with Gasteiger partial charge in [-0.05, 0) is 38.8 Å². The van der Waals surface area contributed by atoms with Gasteiger partial charge >= 0.3 is 11.9 Å². The molecule has 1 unspecified atom stereocenters. The van der Waals surface area contributed by atoms with E-state index in [1.165, 1.54) is 4.40 Å². The smallest absolute Gasteiger partial charge is 0.340 e. The molecule has 4 rings (SSSR count). The van der Waals surface area contributed by atoms with Crippen LogP contribution in [0.15, 0.2) is 40.6 Å². The van der Waals surface area contributed by atoms with Gasteiger partial charge in [0.2, 0.25) is 11.8 Å². The number of pyridine rings is 1. The Hall–Kier alpha value is -3.36. The standard InChI is InChI=1S/C23H27N3O6/c1-3-30-22(28)16-17-19(25-15-12-8-9-13-26(15)21(17)27)32-20(18(16)23(29)31-4-2)24-14-10-6-5-7-11-14/h8-9,12-14,16,24H,3-7,10-11H2,1-2H3. The third kappa shape index (κ3) is 4.06. The second kappa shape index (κ2) is 9.42. The summed E-state index contributed by atoms with van der Waals surface area (Å²) in [6, 6.07) is 5.18. The summed E-state index contributed by atoms with van der Waals surface area (Å²) in [5.74, 6) is -2.66. The van der Waals surface area contributed by atoms with Crippen molar-refractivity contribution < 1.29 is 23.8 Å². The molecule has 1 saturated carbocycles.